The second kappa shape index (κ2) is 9.67. The van der Waals surface area contributed by atoms with Gasteiger partial charge in [0.2, 0.25) is 0 Å². The zero-order valence-corrected chi connectivity index (χ0v) is 17.5. The van der Waals surface area contributed by atoms with Gasteiger partial charge in [-0.2, -0.15) is 13.2 Å². The van der Waals surface area contributed by atoms with Crippen LogP contribution in [0, 0.1) is 6.92 Å². The van der Waals surface area contributed by atoms with Crippen LogP contribution in [0.1, 0.15) is 29.2 Å². The first-order valence-corrected chi connectivity index (χ1v) is 9.05. The normalized spacial score (nSPS) is 11.8. The predicted octanol–water partition coefficient (Wildman–Crippen LogP) is 3.57. The monoisotopic (exact) mass is 439 g/mol. The Kier molecular flexibility index (Phi) is 7.47. The third kappa shape index (κ3) is 5.64. The van der Waals surface area contributed by atoms with Gasteiger partial charge in [-0.15, -0.1) is 0 Å². The number of alkyl halides is 3. The summed E-state index contributed by atoms with van der Waals surface area (Å²) in [7, 11) is 2.66. The summed E-state index contributed by atoms with van der Waals surface area (Å²) in [5.41, 5.74) is 0.641. The van der Waals surface area contributed by atoms with E-state index < -0.39 is 24.4 Å². The number of hydrogen-bond acceptors (Lipinski definition) is 6. The summed E-state index contributed by atoms with van der Waals surface area (Å²) < 4.78 is 46.5. The number of rotatable bonds is 6. The molecule has 0 fully saturated rings. The van der Waals surface area contributed by atoms with Gasteiger partial charge in [0.05, 0.1) is 17.0 Å². The number of carbonyl (C=O) groups excluding carboxylic acids is 1. The minimum atomic E-state index is -4.68. The highest BCUT2D eigenvalue weighted by Gasteiger charge is 2.35. The first-order chi connectivity index (χ1) is 14.5. The molecule has 0 atom stereocenters. The molecule has 2 amide bonds. The number of aryl methyl sites for hydroxylation is 1. The molecule has 0 bridgehead atoms. The summed E-state index contributed by atoms with van der Waals surface area (Å²) in [5, 5.41) is 5.06. The Labute approximate surface area is 177 Å². The van der Waals surface area contributed by atoms with Gasteiger partial charge in [0.1, 0.15) is 19.5 Å². The maximum atomic E-state index is 13.6. The minimum Gasteiger partial charge on any atom is -0.489 e. The van der Waals surface area contributed by atoms with Gasteiger partial charge >= 0.3 is 12.2 Å². The number of oxime groups is 1. The Morgan fingerprint density at radius 2 is 1.87 bits per heavy atom. The van der Waals surface area contributed by atoms with Crippen molar-refractivity contribution in [1.82, 2.24) is 5.01 Å². The summed E-state index contributed by atoms with van der Waals surface area (Å²) in [5.74, 6) is 11.5. The van der Waals surface area contributed by atoms with Crippen molar-refractivity contribution < 1.29 is 27.5 Å². The number of benzene rings is 2. The minimum absolute atomic E-state index is 0.172. The first kappa shape index (κ1) is 24.0. The number of halogens is 3. The SMILES string of the molecule is CO/N=C(\C)c1ccc(OCc2c(N(N)C(=O)N(C)N)cccc2C(F)(F)F)c(C)c1. The van der Waals surface area contributed by atoms with E-state index in [-0.39, 0.29) is 11.3 Å². The molecule has 2 aromatic carbocycles. The van der Waals surface area contributed by atoms with Crippen molar-refractivity contribution in [2.24, 2.45) is 16.8 Å². The molecule has 168 valence electrons. The third-order valence-electron chi connectivity index (χ3n) is 4.42. The Hall–Kier alpha value is -3.31. The number of nitrogens with zero attached hydrogens (tertiary/aromatic N) is 3. The van der Waals surface area contributed by atoms with Crippen LogP contribution in [-0.4, -0.2) is 30.9 Å². The smallest absolute Gasteiger partial charge is 0.416 e. The molecular formula is C20H24F3N5O3. The average Bonchev–Trinajstić information content (AvgIpc) is 2.70. The van der Waals surface area contributed by atoms with E-state index in [4.69, 9.17) is 21.3 Å². The number of ether oxygens (including phenoxy) is 1. The number of nitrogens with two attached hydrogens (primary N) is 2. The molecule has 31 heavy (non-hydrogen) atoms. The zero-order chi connectivity index (χ0) is 23.3. The standard InChI is InChI=1S/C20H24F3N5O3/c1-12-10-14(13(2)26-30-4)8-9-18(12)31-11-15-16(20(21,22)23)6-5-7-17(15)28(25)19(29)27(3)24/h5-10H,11,24-25H2,1-4H3/b26-13+. The first-order valence-electron chi connectivity index (χ1n) is 9.05. The van der Waals surface area contributed by atoms with Crippen LogP contribution in [-0.2, 0) is 17.6 Å². The van der Waals surface area contributed by atoms with Gasteiger partial charge in [0.25, 0.3) is 0 Å². The van der Waals surface area contributed by atoms with Crippen LogP contribution in [0.5, 0.6) is 5.75 Å². The Morgan fingerprint density at radius 1 is 1.19 bits per heavy atom. The van der Waals surface area contributed by atoms with Crippen molar-refractivity contribution in [3.05, 3.63) is 58.7 Å². The molecule has 8 nitrogen and oxygen atoms in total. The van der Waals surface area contributed by atoms with Crippen molar-refractivity contribution in [3.63, 3.8) is 0 Å². The number of carbonyl (C=O) groups is 1. The fraction of sp³-hybridized carbons (Fsp3) is 0.300. The molecule has 2 rings (SSSR count). The lowest BCUT2D eigenvalue weighted by atomic mass is 10.0. The van der Waals surface area contributed by atoms with Gasteiger partial charge in [-0.25, -0.2) is 21.5 Å². The Morgan fingerprint density at radius 3 is 2.42 bits per heavy atom. The molecule has 11 heteroatoms. The lowest BCUT2D eigenvalue weighted by Gasteiger charge is -2.25. The molecular weight excluding hydrogens is 415 g/mol. The summed E-state index contributed by atoms with van der Waals surface area (Å²) >= 11 is 0. The fourth-order valence-electron chi connectivity index (χ4n) is 2.87. The summed E-state index contributed by atoms with van der Waals surface area (Å²) in [6.07, 6.45) is -4.68. The summed E-state index contributed by atoms with van der Waals surface area (Å²) in [6, 6.07) is 7.54. The quantitative estimate of drug-likeness (QED) is 0.310. The molecule has 0 aliphatic carbocycles. The van der Waals surface area contributed by atoms with Gasteiger partial charge in [0, 0.05) is 12.6 Å². The zero-order valence-electron chi connectivity index (χ0n) is 17.5. The van der Waals surface area contributed by atoms with Crippen LogP contribution < -0.4 is 21.4 Å². The largest absolute Gasteiger partial charge is 0.489 e. The molecule has 0 saturated carbocycles. The van der Waals surface area contributed by atoms with Crippen LogP contribution in [0.25, 0.3) is 0 Å². The number of urea groups is 1. The average molecular weight is 439 g/mol. The van der Waals surface area contributed by atoms with Crippen LogP contribution in [0.2, 0.25) is 0 Å². The molecule has 0 aromatic heterocycles. The molecule has 4 N–H and O–H groups in total. The van der Waals surface area contributed by atoms with Crippen LogP contribution in [0.3, 0.4) is 0 Å². The predicted molar refractivity (Wildman–Crippen MR) is 110 cm³/mol. The highest BCUT2D eigenvalue weighted by molar-refractivity contribution is 5.98. The van der Waals surface area contributed by atoms with Crippen molar-refractivity contribution >= 4 is 17.4 Å². The van der Waals surface area contributed by atoms with Gasteiger partial charge in [-0.1, -0.05) is 11.2 Å². The highest BCUT2D eigenvalue weighted by Crippen LogP contribution is 2.37. The molecule has 0 unspecified atom stereocenters. The molecule has 0 heterocycles. The van der Waals surface area contributed by atoms with Gasteiger partial charge < -0.3 is 9.57 Å². The lowest BCUT2D eigenvalue weighted by Crippen LogP contribution is -2.49. The second-order valence-electron chi connectivity index (χ2n) is 6.69. The summed E-state index contributed by atoms with van der Waals surface area (Å²) in [4.78, 5) is 16.8. The molecule has 0 aliphatic heterocycles. The molecule has 2 aromatic rings. The van der Waals surface area contributed by atoms with E-state index in [1.807, 2.05) is 0 Å². The highest BCUT2D eigenvalue weighted by atomic mass is 19.4. The van der Waals surface area contributed by atoms with Gasteiger partial charge in [-0.05, 0) is 55.3 Å². The van der Waals surface area contributed by atoms with E-state index >= 15 is 0 Å². The molecule has 0 aliphatic rings. The number of amides is 2. The van der Waals surface area contributed by atoms with E-state index in [1.54, 1.807) is 32.0 Å². The Bertz CT molecular complexity index is 977. The van der Waals surface area contributed by atoms with E-state index in [2.05, 4.69) is 5.16 Å². The van der Waals surface area contributed by atoms with Crippen molar-refractivity contribution in [1.29, 1.82) is 0 Å². The van der Waals surface area contributed by atoms with Crippen molar-refractivity contribution in [2.75, 3.05) is 19.2 Å². The number of hydrogen-bond donors (Lipinski definition) is 2. The lowest BCUT2D eigenvalue weighted by molar-refractivity contribution is -0.138. The number of hydrazine groups is 2. The maximum Gasteiger partial charge on any atom is 0.416 e. The van der Waals surface area contributed by atoms with E-state index in [0.29, 0.717) is 27.0 Å². The second-order valence-corrected chi connectivity index (χ2v) is 6.69. The summed E-state index contributed by atoms with van der Waals surface area (Å²) in [6.45, 7) is 3.02. The van der Waals surface area contributed by atoms with E-state index in [0.717, 1.165) is 17.7 Å². The number of anilines is 1. The van der Waals surface area contributed by atoms with Crippen molar-refractivity contribution in [2.45, 2.75) is 26.6 Å². The van der Waals surface area contributed by atoms with Crippen LogP contribution >= 0.6 is 0 Å². The third-order valence-corrected chi connectivity index (χ3v) is 4.42. The van der Waals surface area contributed by atoms with Crippen LogP contribution in [0.4, 0.5) is 23.7 Å². The Balaban J connectivity index is 2.42. The molecule has 0 spiro atoms. The van der Waals surface area contributed by atoms with Gasteiger partial charge in [0.15, 0.2) is 0 Å². The topological polar surface area (TPSA) is 106 Å². The van der Waals surface area contributed by atoms with E-state index in [9.17, 15) is 18.0 Å². The fourth-order valence-corrected chi connectivity index (χ4v) is 2.87. The van der Waals surface area contributed by atoms with Gasteiger partial charge in [-0.3, -0.25) is 5.01 Å². The molecule has 0 radical (unpaired) electrons. The molecule has 0 saturated heterocycles. The maximum absolute atomic E-state index is 13.6. The van der Waals surface area contributed by atoms with E-state index in [1.165, 1.54) is 20.2 Å². The van der Waals surface area contributed by atoms with Crippen molar-refractivity contribution in [3.8, 4) is 5.75 Å². The van der Waals surface area contributed by atoms with Crippen LogP contribution in [0.15, 0.2) is 41.6 Å².